The topological polar surface area (TPSA) is 49.7 Å². The van der Waals surface area contributed by atoms with Crippen molar-refractivity contribution in [2.45, 2.75) is 64.1 Å². The van der Waals surface area contributed by atoms with E-state index in [1.54, 1.807) is 0 Å². The van der Waals surface area contributed by atoms with Gasteiger partial charge in [-0.3, -0.25) is 0 Å². The van der Waals surface area contributed by atoms with Crippen LogP contribution in [-0.4, -0.2) is 26.3 Å². The summed E-state index contributed by atoms with van der Waals surface area (Å²) in [7, 11) is 0. The zero-order valence-electron chi connectivity index (χ0n) is 22.4. The SMILES string of the molecule is CCc1cccc2c1-n1nc3c(c1C1(C)C2=CC(C)(C)c2[nH]ccc21)CN(c1ccc(C(F)(F)F)cn1)CC3. The summed E-state index contributed by atoms with van der Waals surface area (Å²) in [5.74, 6) is 0.548. The van der Waals surface area contributed by atoms with Crippen LogP contribution in [0.25, 0.3) is 11.3 Å². The first-order valence-corrected chi connectivity index (χ1v) is 13.5. The number of fused-ring (bicyclic) bond motifs is 10. The van der Waals surface area contributed by atoms with Crippen molar-refractivity contribution in [1.29, 1.82) is 0 Å². The third kappa shape index (κ3) is 3.26. The van der Waals surface area contributed by atoms with Gasteiger partial charge in [-0.15, -0.1) is 0 Å². The van der Waals surface area contributed by atoms with E-state index in [-0.39, 0.29) is 5.41 Å². The Balaban J connectivity index is 1.44. The predicted octanol–water partition coefficient (Wildman–Crippen LogP) is 6.73. The van der Waals surface area contributed by atoms with E-state index in [2.05, 4.69) is 77.6 Å². The lowest BCUT2D eigenvalue weighted by Gasteiger charge is -2.46. The number of aromatic amines is 1. The van der Waals surface area contributed by atoms with Crippen LogP contribution in [0.2, 0.25) is 0 Å². The molecule has 2 aliphatic heterocycles. The Hall–Kier alpha value is -3.81. The Labute approximate surface area is 225 Å². The van der Waals surface area contributed by atoms with Crippen LogP contribution in [0.1, 0.15) is 72.6 Å². The van der Waals surface area contributed by atoms with E-state index in [9.17, 15) is 13.2 Å². The Morgan fingerprint density at radius 2 is 1.90 bits per heavy atom. The van der Waals surface area contributed by atoms with Crippen molar-refractivity contribution in [3.05, 3.63) is 99.8 Å². The minimum absolute atomic E-state index is 0.175. The molecule has 5 heterocycles. The number of rotatable bonds is 2. The number of benzene rings is 1. The van der Waals surface area contributed by atoms with Gasteiger partial charge in [-0.2, -0.15) is 18.3 Å². The van der Waals surface area contributed by atoms with E-state index in [1.807, 2.05) is 6.20 Å². The number of halogens is 3. The first kappa shape index (κ1) is 24.2. The number of pyridine rings is 1. The fourth-order valence-corrected chi connectivity index (χ4v) is 6.97. The molecule has 0 spiro atoms. The number of anilines is 1. The van der Waals surface area contributed by atoms with Gasteiger partial charge in [-0.25, -0.2) is 9.67 Å². The molecule has 1 aromatic carbocycles. The lowest BCUT2D eigenvalue weighted by Crippen LogP contribution is -2.41. The zero-order chi connectivity index (χ0) is 27.3. The average Bonchev–Trinajstić information content (AvgIpc) is 3.56. The van der Waals surface area contributed by atoms with E-state index in [0.717, 1.165) is 41.3 Å². The van der Waals surface area contributed by atoms with Crippen molar-refractivity contribution in [2.24, 2.45) is 0 Å². The normalized spacial score (nSPS) is 20.9. The van der Waals surface area contributed by atoms with Gasteiger partial charge >= 0.3 is 6.18 Å². The molecule has 1 unspecified atom stereocenters. The molecule has 8 heteroatoms. The first-order valence-electron chi connectivity index (χ1n) is 13.5. The molecular weight excluding hydrogens is 499 g/mol. The molecule has 1 atom stereocenters. The number of aromatic nitrogens is 4. The quantitative estimate of drug-likeness (QED) is 0.313. The number of hydrogen-bond donors (Lipinski definition) is 1. The van der Waals surface area contributed by atoms with Crippen LogP contribution in [0, 0.1) is 0 Å². The highest BCUT2D eigenvalue weighted by Gasteiger charge is 2.51. The summed E-state index contributed by atoms with van der Waals surface area (Å²) in [5, 5.41) is 5.23. The van der Waals surface area contributed by atoms with Gasteiger partial charge in [-0.05, 0) is 48.2 Å². The van der Waals surface area contributed by atoms with Gasteiger partial charge in [0.1, 0.15) is 5.82 Å². The van der Waals surface area contributed by atoms with Gasteiger partial charge in [0.05, 0.1) is 28.1 Å². The first-order chi connectivity index (χ1) is 18.5. The monoisotopic (exact) mass is 529 g/mol. The third-order valence-electron chi connectivity index (χ3n) is 8.88. The number of alkyl halides is 3. The highest BCUT2D eigenvalue weighted by Crippen LogP contribution is 2.57. The molecule has 3 aliphatic rings. The number of nitrogens with zero attached hydrogens (tertiary/aromatic N) is 4. The van der Waals surface area contributed by atoms with Crippen LogP contribution in [0.3, 0.4) is 0 Å². The smallest absolute Gasteiger partial charge is 0.364 e. The van der Waals surface area contributed by atoms with Gasteiger partial charge < -0.3 is 9.88 Å². The van der Waals surface area contributed by atoms with Gasteiger partial charge in [0.2, 0.25) is 0 Å². The molecule has 3 aromatic heterocycles. The number of hydrogen-bond acceptors (Lipinski definition) is 3. The highest BCUT2D eigenvalue weighted by atomic mass is 19.4. The summed E-state index contributed by atoms with van der Waals surface area (Å²) < 4.78 is 41.7. The van der Waals surface area contributed by atoms with Crippen molar-refractivity contribution in [1.82, 2.24) is 19.7 Å². The molecule has 0 saturated heterocycles. The second-order valence-corrected chi connectivity index (χ2v) is 11.6. The minimum atomic E-state index is -4.41. The minimum Gasteiger partial charge on any atom is -0.364 e. The van der Waals surface area contributed by atoms with Gasteiger partial charge in [0.15, 0.2) is 0 Å². The largest absolute Gasteiger partial charge is 0.417 e. The van der Waals surface area contributed by atoms with Crippen molar-refractivity contribution in [2.75, 3.05) is 11.4 Å². The van der Waals surface area contributed by atoms with Gasteiger partial charge in [0.25, 0.3) is 0 Å². The molecule has 0 fully saturated rings. The van der Waals surface area contributed by atoms with E-state index < -0.39 is 17.2 Å². The van der Waals surface area contributed by atoms with Crippen LogP contribution >= 0.6 is 0 Å². The van der Waals surface area contributed by atoms with E-state index in [0.29, 0.717) is 25.3 Å². The lowest BCUT2D eigenvalue weighted by atomic mass is 9.60. The average molecular weight is 530 g/mol. The maximum atomic E-state index is 13.2. The molecule has 1 aliphatic carbocycles. The van der Waals surface area contributed by atoms with E-state index >= 15 is 0 Å². The van der Waals surface area contributed by atoms with Gasteiger partial charge in [0, 0.05) is 54.1 Å². The van der Waals surface area contributed by atoms with E-state index in [4.69, 9.17) is 5.10 Å². The third-order valence-corrected chi connectivity index (χ3v) is 8.88. The summed E-state index contributed by atoms with van der Waals surface area (Å²) in [6, 6.07) is 11.3. The summed E-state index contributed by atoms with van der Waals surface area (Å²) in [6.45, 7) is 10.2. The summed E-state index contributed by atoms with van der Waals surface area (Å²) in [6.07, 6.45) is 2.54. The molecule has 4 aromatic rings. The zero-order valence-corrected chi connectivity index (χ0v) is 22.4. The molecule has 0 amide bonds. The van der Waals surface area contributed by atoms with Crippen molar-refractivity contribution < 1.29 is 13.2 Å². The van der Waals surface area contributed by atoms with Crippen LogP contribution < -0.4 is 4.90 Å². The van der Waals surface area contributed by atoms with Crippen LogP contribution in [-0.2, 0) is 36.4 Å². The molecule has 0 saturated carbocycles. The molecule has 1 N–H and O–H groups in total. The number of H-pyrrole nitrogens is 1. The fraction of sp³-hybridized carbons (Fsp3) is 0.355. The summed E-state index contributed by atoms with van der Waals surface area (Å²) >= 11 is 0. The Bertz CT molecular complexity index is 1650. The molecule has 5 nitrogen and oxygen atoms in total. The van der Waals surface area contributed by atoms with E-state index in [1.165, 1.54) is 34.0 Å². The fourth-order valence-electron chi connectivity index (χ4n) is 6.97. The Kier molecular flexibility index (Phi) is 4.89. The molecule has 39 heavy (non-hydrogen) atoms. The Morgan fingerprint density at radius 1 is 1.08 bits per heavy atom. The maximum absolute atomic E-state index is 13.2. The van der Waals surface area contributed by atoms with Crippen LogP contribution in [0.5, 0.6) is 0 Å². The van der Waals surface area contributed by atoms with Crippen LogP contribution in [0.4, 0.5) is 19.0 Å². The van der Waals surface area contributed by atoms with Crippen LogP contribution in [0.15, 0.2) is 54.9 Å². The summed E-state index contributed by atoms with van der Waals surface area (Å²) in [4.78, 5) is 9.80. The second kappa shape index (κ2) is 7.87. The molecule has 200 valence electrons. The number of aryl methyl sites for hydroxylation is 1. The number of para-hydroxylation sites is 1. The second-order valence-electron chi connectivity index (χ2n) is 11.6. The molecule has 0 radical (unpaired) electrons. The van der Waals surface area contributed by atoms with Gasteiger partial charge in [-0.1, -0.05) is 45.0 Å². The highest BCUT2D eigenvalue weighted by molar-refractivity contribution is 5.89. The molecular formula is C31H30F3N5. The molecule has 7 rings (SSSR count). The lowest BCUT2D eigenvalue weighted by molar-refractivity contribution is -0.137. The number of nitrogens with one attached hydrogen (secondary N) is 1. The van der Waals surface area contributed by atoms with Crippen molar-refractivity contribution >= 4 is 11.4 Å². The summed E-state index contributed by atoms with van der Waals surface area (Å²) in [5.41, 5.74) is 9.30. The van der Waals surface area contributed by atoms with Crippen molar-refractivity contribution in [3.8, 4) is 5.69 Å². The number of allylic oxidation sites excluding steroid dienone is 2. The maximum Gasteiger partial charge on any atom is 0.417 e. The molecule has 0 bridgehead atoms. The Morgan fingerprint density at radius 3 is 2.62 bits per heavy atom. The standard InChI is InChI=1S/C31H30F3N5/c1-5-18-7-6-8-20-23-15-29(2,3)27-22(11-13-35-27)30(23,4)28-21-17-38(14-12-24(21)37-39(28)26(18)20)25-10-9-19(16-36-25)31(32,33)34/h6-11,13,15-16,35H,5,12,14,17H2,1-4H3. The van der Waals surface area contributed by atoms with Crippen molar-refractivity contribution in [3.63, 3.8) is 0 Å². The predicted molar refractivity (Wildman–Crippen MR) is 145 cm³/mol.